The van der Waals surface area contributed by atoms with Crippen LogP contribution in [0.5, 0.6) is 0 Å². The lowest BCUT2D eigenvalue weighted by molar-refractivity contribution is -0.161. The zero-order valence-electron chi connectivity index (χ0n) is 17.5. The number of carbonyl (C=O) groups excluding carboxylic acids is 2. The monoisotopic (exact) mass is 531 g/mol. The quantitative estimate of drug-likeness (QED) is 0.330. The van der Waals surface area contributed by atoms with E-state index in [2.05, 4.69) is 4.98 Å². The van der Waals surface area contributed by atoms with Crippen LogP contribution in [0.3, 0.4) is 0 Å². The van der Waals surface area contributed by atoms with Crippen molar-refractivity contribution in [2.24, 2.45) is 5.41 Å². The molecule has 2 amide bonds. The Labute approximate surface area is 205 Å². The van der Waals surface area contributed by atoms with Gasteiger partial charge in [0.15, 0.2) is 6.04 Å². The minimum atomic E-state index is -1.78. The first-order chi connectivity index (χ1) is 15.1. The Morgan fingerprint density at radius 1 is 1.47 bits per heavy atom. The number of aliphatic carboxylic acids is 1. The number of fused-ring (bicyclic) bond motifs is 1. The molecule has 2 aliphatic heterocycles. The standard InChI is InChI=1S/C19H21N3O5S5/c1-10-17(31-11(2)20-10)30-9-19(18(25)26)7-21-15(24)14(16(21)29-8-19)22(12(3)23)32(27)13-5-4-6-28-13/h4-6,14,16H,7-9H2,1-3H3,(H,25,26)/t14?,16-,19?,32?/m1/s1. The first-order valence-electron chi connectivity index (χ1n) is 9.62. The summed E-state index contributed by atoms with van der Waals surface area (Å²) < 4.78 is 15.6. The molecule has 3 unspecified atom stereocenters. The maximum atomic E-state index is 13.0. The van der Waals surface area contributed by atoms with Gasteiger partial charge in [-0.15, -0.1) is 39.2 Å². The van der Waals surface area contributed by atoms with E-state index in [-0.39, 0.29) is 12.5 Å². The van der Waals surface area contributed by atoms with Gasteiger partial charge in [-0.25, -0.2) is 4.98 Å². The summed E-state index contributed by atoms with van der Waals surface area (Å²) in [6, 6.07) is 2.55. The molecule has 4 atom stereocenters. The van der Waals surface area contributed by atoms with Gasteiger partial charge in [0, 0.05) is 31.0 Å². The number of carbonyl (C=O) groups is 3. The molecule has 0 aromatic carbocycles. The summed E-state index contributed by atoms with van der Waals surface area (Å²) in [7, 11) is 0. The number of thiazole rings is 1. The summed E-state index contributed by atoms with van der Waals surface area (Å²) in [5, 5.41) is 12.3. The number of hydrogen-bond donors (Lipinski definition) is 1. The SMILES string of the molecule is CC(=O)N(C1C(=O)N2CC(CSc3sc(C)nc3C)(C(=O)O)CS[C@H]12)[S+]([O-])c1cccs1. The molecule has 0 bridgehead atoms. The first kappa shape index (κ1) is 23.9. The van der Waals surface area contributed by atoms with E-state index in [1.54, 1.807) is 17.5 Å². The van der Waals surface area contributed by atoms with Crippen molar-refractivity contribution in [1.29, 1.82) is 0 Å². The summed E-state index contributed by atoms with van der Waals surface area (Å²) in [5.41, 5.74) is -0.224. The number of thioether (sulfide) groups is 2. The summed E-state index contributed by atoms with van der Waals surface area (Å²) in [6.45, 7) is 5.18. The Morgan fingerprint density at radius 3 is 2.78 bits per heavy atom. The van der Waals surface area contributed by atoms with Gasteiger partial charge in [0.1, 0.15) is 22.2 Å². The minimum absolute atomic E-state index is 0.0660. The summed E-state index contributed by atoms with van der Waals surface area (Å²) in [4.78, 5) is 43.5. The van der Waals surface area contributed by atoms with Crippen LogP contribution in [0.4, 0.5) is 0 Å². The molecule has 2 aliphatic rings. The van der Waals surface area contributed by atoms with Gasteiger partial charge in [-0.3, -0.25) is 14.4 Å². The Bertz CT molecular complexity index is 1040. The molecular weight excluding hydrogens is 511 g/mol. The lowest BCUT2D eigenvalue weighted by Crippen LogP contribution is -2.74. The average molecular weight is 532 g/mol. The number of thiophene rings is 1. The van der Waals surface area contributed by atoms with Gasteiger partial charge < -0.3 is 14.6 Å². The molecule has 32 heavy (non-hydrogen) atoms. The van der Waals surface area contributed by atoms with E-state index < -0.39 is 40.1 Å². The van der Waals surface area contributed by atoms with Gasteiger partial charge in [0.05, 0.1) is 14.9 Å². The molecule has 172 valence electrons. The summed E-state index contributed by atoms with van der Waals surface area (Å²) in [6.07, 6.45) is 0. The fourth-order valence-electron chi connectivity index (χ4n) is 3.69. The molecule has 2 fully saturated rings. The number of aromatic nitrogens is 1. The fourth-order valence-corrected chi connectivity index (χ4v) is 10.1. The third-order valence-corrected chi connectivity index (χ3v) is 12.3. The number of carboxylic acids is 1. The molecule has 0 aliphatic carbocycles. The molecule has 8 nitrogen and oxygen atoms in total. The van der Waals surface area contributed by atoms with E-state index in [4.69, 9.17) is 0 Å². The molecule has 0 saturated carbocycles. The van der Waals surface area contributed by atoms with E-state index in [1.807, 2.05) is 13.8 Å². The van der Waals surface area contributed by atoms with Crippen LogP contribution >= 0.6 is 46.2 Å². The van der Waals surface area contributed by atoms with Crippen molar-refractivity contribution in [3.05, 3.63) is 28.2 Å². The van der Waals surface area contributed by atoms with Crippen molar-refractivity contribution in [2.75, 3.05) is 18.1 Å². The van der Waals surface area contributed by atoms with E-state index in [1.165, 1.54) is 58.0 Å². The number of β-lactam (4-membered cyclic amide) rings is 1. The maximum absolute atomic E-state index is 13.0. The van der Waals surface area contributed by atoms with Crippen molar-refractivity contribution < 1.29 is 24.0 Å². The molecule has 2 aromatic rings. The fraction of sp³-hybridized carbons (Fsp3) is 0.474. The minimum Gasteiger partial charge on any atom is -0.587 e. The van der Waals surface area contributed by atoms with Gasteiger partial charge in [0.2, 0.25) is 4.21 Å². The van der Waals surface area contributed by atoms with Crippen LogP contribution < -0.4 is 0 Å². The second kappa shape index (κ2) is 9.18. The van der Waals surface area contributed by atoms with Crippen LogP contribution in [0.15, 0.2) is 25.9 Å². The van der Waals surface area contributed by atoms with Crippen LogP contribution in [0, 0.1) is 19.3 Å². The van der Waals surface area contributed by atoms with E-state index in [9.17, 15) is 24.0 Å². The van der Waals surface area contributed by atoms with Gasteiger partial charge >= 0.3 is 5.97 Å². The smallest absolute Gasteiger partial charge is 0.313 e. The Balaban J connectivity index is 1.50. The number of amides is 2. The van der Waals surface area contributed by atoms with Crippen molar-refractivity contribution in [3.8, 4) is 0 Å². The highest BCUT2D eigenvalue weighted by molar-refractivity contribution is 8.01. The van der Waals surface area contributed by atoms with E-state index in [0.29, 0.717) is 15.7 Å². The van der Waals surface area contributed by atoms with Crippen molar-refractivity contribution in [3.63, 3.8) is 0 Å². The number of aryl methyl sites for hydroxylation is 2. The van der Waals surface area contributed by atoms with E-state index in [0.717, 1.165) is 19.2 Å². The zero-order chi connectivity index (χ0) is 23.2. The molecule has 2 saturated heterocycles. The molecule has 2 aromatic heterocycles. The Kier molecular flexibility index (Phi) is 6.86. The Hall–Kier alpha value is -1.25. The van der Waals surface area contributed by atoms with Gasteiger partial charge in [-0.1, -0.05) is 11.3 Å². The largest absolute Gasteiger partial charge is 0.587 e. The molecule has 4 rings (SSSR count). The summed E-state index contributed by atoms with van der Waals surface area (Å²) >= 11 is 3.81. The highest BCUT2D eigenvalue weighted by atomic mass is 32.2. The van der Waals surface area contributed by atoms with Gasteiger partial charge in [-0.2, -0.15) is 0 Å². The zero-order valence-corrected chi connectivity index (χ0v) is 21.6. The van der Waals surface area contributed by atoms with Gasteiger partial charge in [0.25, 0.3) is 11.8 Å². The lowest BCUT2D eigenvalue weighted by atomic mass is 9.89. The molecular formula is C19H21N3O5S5. The van der Waals surface area contributed by atoms with Crippen LogP contribution in [0.2, 0.25) is 0 Å². The summed E-state index contributed by atoms with van der Waals surface area (Å²) in [5.74, 6) is -1.14. The van der Waals surface area contributed by atoms with Crippen molar-refractivity contribution in [2.45, 2.75) is 40.6 Å². The highest BCUT2D eigenvalue weighted by Gasteiger charge is 2.62. The number of nitrogens with zero attached hydrogens (tertiary/aromatic N) is 3. The van der Waals surface area contributed by atoms with Gasteiger partial charge in [-0.05, 0) is 25.3 Å². The number of hydrogen-bond acceptors (Lipinski definition) is 9. The normalized spacial score (nSPS) is 25.8. The van der Waals surface area contributed by atoms with Crippen LogP contribution in [0.25, 0.3) is 0 Å². The molecule has 1 N–H and O–H groups in total. The second-order valence-corrected chi connectivity index (χ2v) is 13.7. The lowest BCUT2D eigenvalue weighted by Gasteiger charge is -2.54. The van der Waals surface area contributed by atoms with Crippen molar-refractivity contribution >= 4 is 75.3 Å². The predicted molar refractivity (Wildman–Crippen MR) is 127 cm³/mol. The average Bonchev–Trinajstić information content (AvgIpc) is 3.38. The molecule has 13 heteroatoms. The third-order valence-electron chi connectivity index (χ3n) is 5.32. The highest BCUT2D eigenvalue weighted by Crippen LogP contribution is 2.47. The number of rotatable bonds is 7. The topological polar surface area (TPSA) is 114 Å². The van der Waals surface area contributed by atoms with Crippen LogP contribution in [-0.4, -0.2) is 71.1 Å². The second-order valence-electron chi connectivity index (χ2n) is 7.62. The molecule has 0 spiro atoms. The maximum Gasteiger partial charge on any atom is 0.313 e. The predicted octanol–water partition coefficient (Wildman–Crippen LogP) is 2.84. The molecule has 4 heterocycles. The van der Waals surface area contributed by atoms with Crippen LogP contribution in [0.1, 0.15) is 17.6 Å². The van der Waals surface area contributed by atoms with Crippen LogP contribution in [-0.2, 0) is 25.7 Å². The number of carboxylic acid groups (broad SMARTS) is 1. The Morgan fingerprint density at radius 2 is 2.22 bits per heavy atom. The molecule has 0 radical (unpaired) electrons. The van der Waals surface area contributed by atoms with Crippen molar-refractivity contribution in [1.82, 2.24) is 14.2 Å². The third kappa shape index (κ3) is 4.18. The van der Waals surface area contributed by atoms with E-state index >= 15 is 0 Å². The first-order valence-corrected chi connectivity index (χ1v) is 14.5.